The van der Waals surface area contributed by atoms with Crippen LogP contribution in [0.4, 0.5) is 0 Å². The summed E-state index contributed by atoms with van der Waals surface area (Å²) in [6, 6.07) is 12.3. The molecule has 0 aromatic heterocycles. The summed E-state index contributed by atoms with van der Waals surface area (Å²) in [6.07, 6.45) is 0. The number of benzene rings is 2. The summed E-state index contributed by atoms with van der Waals surface area (Å²) in [4.78, 5) is 26.4. The summed E-state index contributed by atoms with van der Waals surface area (Å²) in [6.45, 7) is 5.82. The van der Waals surface area contributed by atoms with E-state index in [1.165, 1.54) is 0 Å². The molecular weight excluding hydrogens is 332 g/mol. The van der Waals surface area contributed by atoms with Crippen molar-refractivity contribution in [1.29, 1.82) is 0 Å². The smallest absolute Gasteiger partial charge is 0.253 e. The second-order valence-electron chi connectivity index (χ2n) is 5.93. The first-order valence-electron chi connectivity index (χ1n) is 8.68. The van der Waals surface area contributed by atoms with Gasteiger partial charge in [-0.1, -0.05) is 6.07 Å². The van der Waals surface area contributed by atoms with Gasteiger partial charge in [-0.05, 0) is 55.8 Å². The number of hydrogen-bond acceptors (Lipinski definition) is 4. The molecule has 1 N–H and O–H groups in total. The lowest BCUT2D eigenvalue weighted by Gasteiger charge is -2.18. The van der Waals surface area contributed by atoms with Crippen LogP contribution in [0.2, 0.25) is 0 Å². The first-order chi connectivity index (χ1) is 12.6. The molecule has 0 bridgehead atoms. The third-order valence-corrected chi connectivity index (χ3v) is 4.33. The second kappa shape index (κ2) is 7.91. The van der Waals surface area contributed by atoms with E-state index in [-0.39, 0.29) is 18.6 Å². The van der Waals surface area contributed by atoms with Crippen molar-refractivity contribution in [3.8, 4) is 11.5 Å². The highest BCUT2D eigenvalue weighted by molar-refractivity contribution is 5.97. The van der Waals surface area contributed by atoms with Gasteiger partial charge in [0, 0.05) is 30.8 Å². The number of ether oxygens (including phenoxy) is 2. The average Bonchev–Trinajstić information content (AvgIpc) is 3.15. The molecule has 6 nitrogen and oxygen atoms in total. The zero-order valence-corrected chi connectivity index (χ0v) is 15.0. The van der Waals surface area contributed by atoms with E-state index in [9.17, 15) is 9.59 Å². The quantitative estimate of drug-likeness (QED) is 0.866. The van der Waals surface area contributed by atoms with E-state index in [0.717, 1.165) is 5.56 Å². The van der Waals surface area contributed by atoms with E-state index in [1.54, 1.807) is 29.2 Å². The Morgan fingerprint density at radius 1 is 0.962 bits per heavy atom. The Hall–Kier alpha value is -3.02. The number of nitrogens with zero attached hydrogens (tertiary/aromatic N) is 1. The molecule has 6 heteroatoms. The highest BCUT2D eigenvalue weighted by Crippen LogP contribution is 2.32. The number of rotatable bonds is 6. The molecule has 0 fully saturated rings. The molecule has 26 heavy (non-hydrogen) atoms. The standard InChI is InChI=1S/C20H22N2O4/c1-3-22(4-2)20(24)16-8-6-15(7-9-16)19(23)21-12-14-5-10-17-18(11-14)26-13-25-17/h5-11H,3-4,12-13H2,1-2H3,(H,21,23). The lowest BCUT2D eigenvalue weighted by atomic mass is 10.1. The van der Waals surface area contributed by atoms with Crippen LogP contribution in [0.15, 0.2) is 42.5 Å². The van der Waals surface area contributed by atoms with Crippen molar-refractivity contribution in [3.63, 3.8) is 0 Å². The molecule has 1 heterocycles. The normalized spacial score (nSPS) is 11.9. The third kappa shape index (κ3) is 3.79. The van der Waals surface area contributed by atoms with E-state index < -0.39 is 0 Å². The van der Waals surface area contributed by atoms with Gasteiger partial charge in [0.05, 0.1) is 0 Å². The lowest BCUT2D eigenvalue weighted by molar-refractivity contribution is 0.0772. The first-order valence-corrected chi connectivity index (χ1v) is 8.68. The van der Waals surface area contributed by atoms with Gasteiger partial charge in [0.25, 0.3) is 11.8 Å². The molecule has 1 aliphatic heterocycles. The van der Waals surface area contributed by atoms with Crippen LogP contribution >= 0.6 is 0 Å². The monoisotopic (exact) mass is 354 g/mol. The van der Waals surface area contributed by atoms with Crippen molar-refractivity contribution in [2.75, 3.05) is 19.9 Å². The van der Waals surface area contributed by atoms with Crippen LogP contribution < -0.4 is 14.8 Å². The van der Waals surface area contributed by atoms with Crippen LogP contribution in [0.5, 0.6) is 11.5 Å². The Kier molecular flexibility index (Phi) is 5.41. The van der Waals surface area contributed by atoms with Crippen LogP contribution in [0, 0.1) is 0 Å². The zero-order valence-electron chi connectivity index (χ0n) is 15.0. The molecule has 0 aliphatic carbocycles. The number of amides is 2. The summed E-state index contributed by atoms with van der Waals surface area (Å²) in [7, 11) is 0. The summed E-state index contributed by atoms with van der Waals surface area (Å²) < 4.78 is 10.6. The second-order valence-corrected chi connectivity index (χ2v) is 5.93. The summed E-state index contributed by atoms with van der Waals surface area (Å²) in [5.41, 5.74) is 2.03. The fourth-order valence-corrected chi connectivity index (χ4v) is 2.79. The maximum atomic E-state index is 12.3. The lowest BCUT2D eigenvalue weighted by Crippen LogP contribution is -2.30. The SMILES string of the molecule is CCN(CC)C(=O)c1ccc(C(=O)NCc2ccc3c(c2)OCO3)cc1. The van der Waals surface area contributed by atoms with Crippen molar-refractivity contribution in [3.05, 3.63) is 59.2 Å². The Labute approximate surface area is 152 Å². The van der Waals surface area contributed by atoms with Crippen molar-refractivity contribution in [2.45, 2.75) is 20.4 Å². The Bertz CT molecular complexity index is 798. The van der Waals surface area contributed by atoms with Crippen molar-refractivity contribution in [1.82, 2.24) is 10.2 Å². The molecule has 0 saturated heterocycles. The van der Waals surface area contributed by atoms with Crippen molar-refractivity contribution in [2.24, 2.45) is 0 Å². The maximum Gasteiger partial charge on any atom is 0.253 e. The zero-order chi connectivity index (χ0) is 18.5. The van der Waals surface area contributed by atoms with E-state index in [2.05, 4.69) is 5.32 Å². The minimum absolute atomic E-state index is 0.0256. The van der Waals surface area contributed by atoms with Crippen LogP contribution in [-0.2, 0) is 6.54 Å². The van der Waals surface area contributed by atoms with Gasteiger partial charge >= 0.3 is 0 Å². The molecule has 0 unspecified atom stereocenters. The van der Waals surface area contributed by atoms with Crippen LogP contribution in [0.1, 0.15) is 40.1 Å². The number of carbonyl (C=O) groups is 2. The largest absolute Gasteiger partial charge is 0.454 e. The van der Waals surface area contributed by atoms with Gasteiger partial charge in [0.2, 0.25) is 6.79 Å². The van der Waals surface area contributed by atoms with E-state index >= 15 is 0 Å². The molecule has 0 radical (unpaired) electrons. The fourth-order valence-electron chi connectivity index (χ4n) is 2.79. The van der Waals surface area contributed by atoms with Crippen LogP contribution in [-0.4, -0.2) is 36.6 Å². The Balaban J connectivity index is 1.60. The summed E-state index contributed by atoms with van der Waals surface area (Å²) in [5, 5.41) is 2.87. The molecule has 1 aliphatic rings. The summed E-state index contributed by atoms with van der Waals surface area (Å²) >= 11 is 0. The molecule has 2 amide bonds. The number of nitrogens with one attached hydrogen (secondary N) is 1. The van der Waals surface area contributed by atoms with Gasteiger partial charge in [-0.15, -0.1) is 0 Å². The first kappa shape index (κ1) is 17.8. The molecule has 0 spiro atoms. The predicted octanol–water partition coefficient (Wildman–Crippen LogP) is 2.83. The predicted molar refractivity (Wildman–Crippen MR) is 97.4 cm³/mol. The minimum atomic E-state index is -0.190. The topological polar surface area (TPSA) is 67.9 Å². The van der Waals surface area contributed by atoms with Gasteiger partial charge in [-0.25, -0.2) is 0 Å². The molecular formula is C20H22N2O4. The van der Waals surface area contributed by atoms with Crippen LogP contribution in [0.3, 0.4) is 0 Å². The van der Waals surface area contributed by atoms with Crippen molar-refractivity contribution < 1.29 is 19.1 Å². The molecule has 0 saturated carbocycles. The van der Waals surface area contributed by atoms with E-state index in [1.807, 2.05) is 32.0 Å². The molecule has 3 rings (SSSR count). The highest BCUT2D eigenvalue weighted by atomic mass is 16.7. The number of fused-ring (bicyclic) bond motifs is 1. The third-order valence-electron chi connectivity index (χ3n) is 4.33. The van der Waals surface area contributed by atoms with Gasteiger partial charge in [0.1, 0.15) is 0 Å². The highest BCUT2D eigenvalue weighted by Gasteiger charge is 2.15. The molecule has 136 valence electrons. The summed E-state index contributed by atoms with van der Waals surface area (Å²) in [5.74, 6) is 1.19. The van der Waals surface area contributed by atoms with Gasteiger partial charge in [-0.3, -0.25) is 9.59 Å². The maximum absolute atomic E-state index is 12.3. The van der Waals surface area contributed by atoms with E-state index in [4.69, 9.17) is 9.47 Å². The minimum Gasteiger partial charge on any atom is -0.454 e. The molecule has 2 aromatic carbocycles. The van der Waals surface area contributed by atoms with Gasteiger partial charge < -0.3 is 19.7 Å². The van der Waals surface area contributed by atoms with Crippen LogP contribution in [0.25, 0.3) is 0 Å². The van der Waals surface area contributed by atoms with Gasteiger partial charge in [0.15, 0.2) is 11.5 Å². The van der Waals surface area contributed by atoms with Crippen molar-refractivity contribution >= 4 is 11.8 Å². The van der Waals surface area contributed by atoms with E-state index in [0.29, 0.717) is 42.3 Å². The van der Waals surface area contributed by atoms with Gasteiger partial charge in [-0.2, -0.15) is 0 Å². The number of carbonyl (C=O) groups excluding carboxylic acids is 2. The molecule has 2 aromatic rings. The number of hydrogen-bond donors (Lipinski definition) is 1. The Morgan fingerprint density at radius 3 is 2.31 bits per heavy atom. The Morgan fingerprint density at radius 2 is 1.62 bits per heavy atom. The fraction of sp³-hybridized carbons (Fsp3) is 0.300. The average molecular weight is 354 g/mol. The molecule has 0 atom stereocenters.